The van der Waals surface area contributed by atoms with Gasteiger partial charge in [-0.2, -0.15) is 0 Å². The zero-order chi connectivity index (χ0) is 14.8. The average molecular weight is 281 g/mol. The van der Waals surface area contributed by atoms with Gasteiger partial charge in [0.2, 0.25) is 5.88 Å². The van der Waals surface area contributed by atoms with Gasteiger partial charge in [0.05, 0.1) is 7.11 Å². The summed E-state index contributed by atoms with van der Waals surface area (Å²) in [4.78, 5) is 4.28. The Bertz CT molecular complexity index is 779. The Morgan fingerprint density at radius 3 is 2.67 bits per heavy atom. The second kappa shape index (κ2) is 5.32. The molecular weight excluding hydrogens is 266 g/mol. The quantitative estimate of drug-likeness (QED) is 0.787. The number of aromatic hydroxyl groups is 1. The molecule has 0 fully saturated rings. The van der Waals surface area contributed by atoms with E-state index in [0.717, 1.165) is 22.1 Å². The van der Waals surface area contributed by atoms with Crippen LogP contribution >= 0.6 is 0 Å². The number of rotatable bonds is 3. The number of aromatic nitrogens is 1. The molecule has 0 saturated heterocycles. The minimum atomic E-state index is 0.169. The second-order valence-corrected chi connectivity index (χ2v) is 4.78. The van der Waals surface area contributed by atoms with Gasteiger partial charge in [0.15, 0.2) is 0 Å². The predicted molar refractivity (Wildman–Crippen MR) is 81.2 cm³/mol. The summed E-state index contributed by atoms with van der Waals surface area (Å²) in [5.41, 5.74) is 0.919. The van der Waals surface area contributed by atoms with E-state index in [9.17, 15) is 5.11 Å². The summed E-state index contributed by atoms with van der Waals surface area (Å²) in [7, 11) is 1.63. The number of phenolic OH excluding ortho intramolecular Hbond substituents is 1. The number of pyridine rings is 1. The van der Waals surface area contributed by atoms with Crippen LogP contribution in [0, 0.1) is 6.92 Å². The molecule has 3 aromatic rings. The van der Waals surface area contributed by atoms with Gasteiger partial charge in [-0.1, -0.05) is 6.07 Å². The fourth-order valence-corrected chi connectivity index (χ4v) is 2.31. The lowest BCUT2D eigenvalue weighted by molar-refractivity contribution is 0.419. The monoisotopic (exact) mass is 281 g/mol. The molecule has 0 amide bonds. The minimum Gasteiger partial charge on any atom is -0.508 e. The van der Waals surface area contributed by atoms with Crippen LogP contribution in [0.4, 0.5) is 0 Å². The molecule has 21 heavy (non-hydrogen) atoms. The number of nitrogens with zero attached hydrogens (tertiary/aromatic N) is 1. The molecule has 0 bridgehead atoms. The van der Waals surface area contributed by atoms with E-state index in [4.69, 9.17) is 9.47 Å². The maximum atomic E-state index is 9.65. The maximum absolute atomic E-state index is 9.65. The SMILES string of the molecule is COc1cccc2c(Oc3cc(C)cc(O)c3)nccc12. The van der Waals surface area contributed by atoms with Crippen molar-refractivity contribution >= 4 is 10.8 Å². The molecule has 3 rings (SSSR count). The topological polar surface area (TPSA) is 51.6 Å². The van der Waals surface area contributed by atoms with Gasteiger partial charge in [-0.15, -0.1) is 0 Å². The summed E-state index contributed by atoms with van der Waals surface area (Å²) in [6.45, 7) is 1.89. The van der Waals surface area contributed by atoms with Gasteiger partial charge < -0.3 is 14.6 Å². The third kappa shape index (κ3) is 2.60. The van der Waals surface area contributed by atoms with E-state index in [0.29, 0.717) is 11.6 Å². The zero-order valence-electron chi connectivity index (χ0n) is 11.8. The summed E-state index contributed by atoms with van der Waals surface area (Å²) >= 11 is 0. The van der Waals surface area contributed by atoms with Crippen LogP contribution in [0.2, 0.25) is 0 Å². The van der Waals surface area contributed by atoms with E-state index in [2.05, 4.69) is 4.98 Å². The van der Waals surface area contributed by atoms with Gasteiger partial charge in [-0.3, -0.25) is 0 Å². The van der Waals surface area contributed by atoms with Crippen LogP contribution in [0.1, 0.15) is 5.56 Å². The highest BCUT2D eigenvalue weighted by Crippen LogP contribution is 2.33. The summed E-state index contributed by atoms with van der Waals surface area (Å²) in [5.74, 6) is 1.97. The fraction of sp³-hybridized carbons (Fsp3) is 0.118. The number of phenols is 1. The van der Waals surface area contributed by atoms with Crippen molar-refractivity contribution in [3.05, 3.63) is 54.2 Å². The molecule has 0 saturated carbocycles. The van der Waals surface area contributed by atoms with E-state index in [1.165, 1.54) is 0 Å². The van der Waals surface area contributed by atoms with E-state index in [1.807, 2.05) is 37.3 Å². The molecule has 0 spiro atoms. The lowest BCUT2D eigenvalue weighted by atomic mass is 10.1. The van der Waals surface area contributed by atoms with Gasteiger partial charge >= 0.3 is 0 Å². The molecule has 0 radical (unpaired) electrons. The summed E-state index contributed by atoms with van der Waals surface area (Å²) in [5, 5.41) is 11.4. The first kappa shape index (κ1) is 13.2. The maximum Gasteiger partial charge on any atom is 0.227 e. The van der Waals surface area contributed by atoms with Gasteiger partial charge in [-0.05, 0) is 42.8 Å². The van der Waals surface area contributed by atoms with Crippen LogP contribution in [0.25, 0.3) is 10.8 Å². The Morgan fingerprint density at radius 2 is 1.90 bits per heavy atom. The molecule has 106 valence electrons. The number of fused-ring (bicyclic) bond motifs is 1. The van der Waals surface area contributed by atoms with Crippen LogP contribution in [0.3, 0.4) is 0 Å². The summed E-state index contributed by atoms with van der Waals surface area (Å²) in [6.07, 6.45) is 1.68. The molecule has 0 unspecified atom stereocenters. The molecular formula is C17H15NO3. The number of ether oxygens (including phenoxy) is 2. The first-order valence-electron chi connectivity index (χ1n) is 6.57. The Labute approximate surface area is 122 Å². The van der Waals surface area contributed by atoms with Crippen LogP contribution in [0.15, 0.2) is 48.7 Å². The van der Waals surface area contributed by atoms with Crippen molar-refractivity contribution in [3.63, 3.8) is 0 Å². The van der Waals surface area contributed by atoms with Crippen LogP contribution in [-0.4, -0.2) is 17.2 Å². The minimum absolute atomic E-state index is 0.169. The normalized spacial score (nSPS) is 10.6. The number of methoxy groups -OCH3 is 1. The summed E-state index contributed by atoms with van der Waals surface area (Å²) < 4.78 is 11.2. The third-order valence-electron chi connectivity index (χ3n) is 3.20. The fourth-order valence-electron chi connectivity index (χ4n) is 2.31. The molecule has 1 N–H and O–H groups in total. The largest absolute Gasteiger partial charge is 0.508 e. The van der Waals surface area contributed by atoms with Gasteiger partial charge in [0, 0.05) is 23.0 Å². The molecule has 0 atom stereocenters. The molecule has 4 nitrogen and oxygen atoms in total. The molecule has 4 heteroatoms. The average Bonchev–Trinajstić information content (AvgIpc) is 2.46. The van der Waals surface area contributed by atoms with E-state index in [-0.39, 0.29) is 5.75 Å². The van der Waals surface area contributed by atoms with Crippen molar-refractivity contribution < 1.29 is 14.6 Å². The zero-order valence-corrected chi connectivity index (χ0v) is 11.8. The molecule has 0 aliphatic heterocycles. The van der Waals surface area contributed by atoms with Gasteiger partial charge in [0.1, 0.15) is 17.2 Å². The Morgan fingerprint density at radius 1 is 1.05 bits per heavy atom. The summed E-state index contributed by atoms with van der Waals surface area (Å²) in [6, 6.07) is 12.7. The number of benzene rings is 2. The number of aryl methyl sites for hydroxylation is 1. The third-order valence-corrected chi connectivity index (χ3v) is 3.20. The van der Waals surface area contributed by atoms with Crippen molar-refractivity contribution in [2.75, 3.05) is 7.11 Å². The highest BCUT2D eigenvalue weighted by Gasteiger charge is 2.09. The van der Waals surface area contributed by atoms with Crippen molar-refractivity contribution in [3.8, 4) is 23.1 Å². The van der Waals surface area contributed by atoms with Crippen molar-refractivity contribution in [1.29, 1.82) is 0 Å². The molecule has 0 aliphatic carbocycles. The first-order chi connectivity index (χ1) is 10.2. The van der Waals surface area contributed by atoms with Crippen LogP contribution in [-0.2, 0) is 0 Å². The van der Waals surface area contributed by atoms with Crippen molar-refractivity contribution in [2.24, 2.45) is 0 Å². The molecule has 2 aromatic carbocycles. The lowest BCUT2D eigenvalue weighted by Crippen LogP contribution is -1.91. The standard InChI is InChI=1S/C17H15NO3/c1-11-8-12(19)10-13(9-11)21-17-15-4-3-5-16(20-2)14(15)6-7-18-17/h3-10,19H,1-2H3. The number of hydrogen-bond acceptors (Lipinski definition) is 4. The number of hydrogen-bond donors (Lipinski definition) is 1. The van der Waals surface area contributed by atoms with Crippen LogP contribution in [0.5, 0.6) is 23.1 Å². The van der Waals surface area contributed by atoms with Crippen molar-refractivity contribution in [1.82, 2.24) is 4.98 Å². The smallest absolute Gasteiger partial charge is 0.227 e. The van der Waals surface area contributed by atoms with Gasteiger partial charge in [0.25, 0.3) is 0 Å². The molecule has 1 aromatic heterocycles. The van der Waals surface area contributed by atoms with Crippen LogP contribution < -0.4 is 9.47 Å². The Hall–Kier alpha value is -2.75. The first-order valence-corrected chi connectivity index (χ1v) is 6.57. The highest BCUT2D eigenvalue weighted by molar-refractivity contribution is 5.91. The van der Waals surface area contributed by atoms with Crippen molar-refractivity contribution in [2.45, 2.75) is 6.92 Å². The van der Waals surface area contributed by atoms with E-state index < -0.39 is 0 Å². The lowest BCUT2D eigenvalue weighted by Gasteiger charge is -2.10. The van der Waals surface area contributed by atoms with Gasteiger partial charge in [-0.25, -0.2) is 4.98 Å². The van der Waals surface area contributed by atoms with E-state index in [1.54, 1.807) is 25.4 Å². The Kier molecular flexibility index (Phi) is 3.36. The Balaban J connectivity index is 2.08. The second-order valence-electron chi connectivity index (χ2n) is 4.78. The highest BCUT2D eigenvalue weighted by atomic mass is 16.5. The molecule has 0 aliphatic rings. The molecule has 1 heterocycles. The van der Waals surface area contributed by atoms with E-state index >= 15 is 0 Å². The predicted octanol–water partition coefficient (Wildman–Crippen LogP) is 4.05.